The predicted octanol–water partition coefficient (Wildman–Crippen LogP) is 2.20. The zero-order valence-corrected chi connectivity index (χ0v) is 13.4. The molecule has 1 aliphatic heterocycles. The molecule has 3 aliphatic rings. The lowest BCUT2D eigenvalue weighted by molar-refractivity contribution is -0.161. The van der Waals surface area contributed by atoms with E-state index in [1.54, 1.807) is 7.11 Å². The van der Waals surface area contributed by atoms with E-state index in [1.165, 1.54) is 5.56 Å². The van der Waals surface area contributed by atoms with Crippen LogP contribution in [0.1, 0.15) is 43.2 Å². The van der Waals surface area contributed by atoms with E-state index >= 15 is 0 Å². The lowest BCUT2D eigenvalue weighted by Crippen LogP contribution is -2.71. The molecule has 1 aromatic rings. The third-order valence-electron chi connectivity index (χ3n) is 6.55. The highest BCUT2D eigenvalue weighted by Crippen LogP contribution is 2.60. The van der Waals surface area contributed by atoms with Crippen LogP contribution in [-0.4, -0.2) is 47.5 Å². The first kappa shape index (κ1) is 14.3. The Morgan fingerprint density at radius 2 is 2.00 bits per heavy atom. The quantitative estimate of drug-likeness (QED) is 0.835. The first-order chi connectivity index (χ1) is 10.5. The summed E-state index contributed by atoms with van der Waals surface area (Å²) in [5.41, 5.74) is 1.11. The Labute approximate surface area is 131 Å². The summed E-state index contributed by atoms with van der Waals surface area (Å²) in [6, 6.07) is 4.09. The fourth-order valence-electron chi connectivity index (χ4n) is 5.47. The Balaban J connectivity index is 1.99. The third-order valence-corrected chi connectivity index (χ3v) is 6.55. The van der Waals surface area contributed by atoms with Gasteiger partial charge >= 0.3 is 0 Å². The molecule has 4 nitrogen and oxygen atoms in total. The number of aliphatic hydroxyl groups is 1. The minimum absolute atomic E-state index is 0.154. The molecule has 0 aromatic heterocycles. The molecule has 1 aromatic carbocycles. The van der Waals surface area contributed by atoms with Gasteiger partial charge in [-0.3, -0.25) is 0 Å². The molecule has 2 bridgehead atoms. The largest absolute Gasteiger partial charge is 0.504 e. The second kappa shape index (κ2) is 4.62. The zero-order valence-electron chi connectivity index (χ0n) is 13.4. The number of benzene rings is 1. The first-order valence-corrected chi connectivity index (χ1v) is 8.35. The summed E-state index contributed by atoms with van der Waals surface area (Å²) in [5, 5.41) is 22.5. The summed E-state index contributed by atoms with van der Waals surface area (Å²) in [7, 11) is 3.71. The summed E-state index contributed by atoms with van der Waals surface area (Å²) in [4.78, 5) is 2.31. The van der Waals surface area contributed by atoms with Crippen molar-refractivity contribution in [3.63, 3.8) is 0 Å². The number of likely N-dealkylation sites (N-methyl/N-ethyl adjacent to an activating group) is 1. The number of aromatic hydroxyl groups is 1. The molecule has 1 heterocycles. The van der Waals surface area contributed by atoms with Crippen LogP contribution in [0.25, 0.3) is 0 Å². The van der Waals surface area contributed by atoms with Crippen LogP contribution < -0.4 is 4.74 Å². The Hall–Kier alpha value is -1.26. The maximum Gasteiger partial charge on any atom is 0.161 e. The number of hydrogen-bond acceptors (Lipinski definition) is 4. The molecule has 2 N–H and O–H groups in total. The molecule has 0 spiro atoms. The summed E-state index contributed by atoms with van der Waals surface area (Å²) in [5.74, 6) is 0.779. The van der Waals surface area contributed by atoms with Crippen molar-refractivity contribution >= 4 is 0 Å². The number of likely N-dealkylation sites (tertiary alicyclic amines) is 1. The molecule has 0 amide bonds. The number of piperidine rings is 1. The third kappa shape index (κ3) is 1.55. The second-order valence-corrected chi connectivity index (χ2v) is 7.31. The number of fused-ring (bicyclic) bond motifs is 1. The van der Waals surface area contributed by atoms with Gasteiger partial charge in [-0.05, 0) is 50.9 Å². The number of phenols is 1. The summed E-state index contributed by atoms with van der Waals surface area (Å²) in [6.45, 7) is 0.975. The van der Waals surface area contributed by atoms with Crippen LogP contribution in [0.4, 0.5) is 0 Å². The van der Waals surface area contributed by atoms with Crippen molar-refractivity contribution in [2.24, 2.45) is 0 Å². The van der Waals surface area contributed by atoms with Gasteiger partial charge in [0.2, 0.25) is 0 Å². The molecule has 4 rings (SSSR count). The Kier molecular flexibility index (Phi) is 3.01. The van der Waals surface area contributed by atoms with Gasteiger partial charge in [0, 0.05) is 17.0 Å². The van der Waals surface area contributed by atoms with E-state index < -0.39 is 5.60 Å². The van der Waals surface area contributed by atoms with Gasteiger partial charge in [-0.15, -0.1) is 0 Å². The molecule has 2 aliphatic carbocycles. The summed E-state index contributed by atoms with van der Waals surface area (Å²) < 4.78 is 5.34. The van der Waals surface area contributed by atoms with Crippen LogP contribution in [0.5, 0.6) is 11.5 Å². The maximum atomic E-state index is 11.7. The maximum absolute atomic E-state index is 11.7. The van der Waals surface area contributed by atoms with E-state index in [9.17, 15) is 10.2 Å². The average molecular weight is 303 g/mol. The monoisotopic (exact) mass is 303 g/mol. The Bertz CT molecular complexity index is 617. The molecular formula is C18H25NO3. The lowest BCUT2D eigenvalue weighted by atomic mass is 9.49. The van der Waals surface area contributed by atoms with E-state index in [0.29, 0.717) is 5.75 Å². The minimum Gasteiger partial charge on any atom is -0.504 e. The van der Waals surface area contributed by atoms with Crippen LogP contribution in [0.15, 0.2) is 12.1 Å². The highest BCUT2D eigenvalue weighted by atomic mass is 16.5. The van der Waals surface area contributed by atoms with Crippen molar-refractivity contribution in [1.82, 2.24) is 4.90 Å². The van der Waals surface area contributed by atoms with E-state index in [-0.39, 0.29) is 17.2 Å². The van der Waals surface area contributed by atoms with E-state index in [2.05, 4.69) is 18.0 Å². The average Bonchev–Trinajstić information content (AvgIpc) is 2.51. The Morgan fingerprint density at radius 1 is 1.23 bits per heavy atom. The number of hydrogen-bond donors (Lipinski definition) is 2. The highest BCUT2D eigenvalue weighted by Gasteiger charge is 2.63. The predicted molar refractivity (Wildman–Crippen MR) is 84.5 cm³/mol. The van der Waals surface area contributed by atoms with Crippen molar-refractivity contribution in [3.8, 4) is 11.5 Å². The van der Waals surface area contributed by atoms with Gasteiger partial charge in [0.1, 0.15) is 0 Å². The zero-order chi connectivity index (χ0) is 15.5. The van der Waals surface area contributed by atoms with Crippen molar-refractivity contribution < 1.29 is 14.9 Å². The smallest absolute Gasteiger partial charge is 0.161 e. The van der Waals surface area contributed by atoms with E-state index in [0.717, 1.165) is 50.6 Å². The summed E-state index contributed by atoms with van der Waals surface area (Å²) in [6.07, 6.45) is 5.70. The number of methoxy groups -OCH3 is 1. The van der Waals surface area contributed by atoms with E-state index in [1.807, 2.05) is 6.07 Å². The fraction of sp³-hybridized carbons (Fsp3) is 0.667. The number of rotatable bonds is 1. The van der Waals surface area contributed by atoms with Gasteiger partial charge < -0.3 is 19.8 Å². The lowest BCUT2D eigenvalue weighted by Gasteiger charge is -2.63. The highest BCUT2D eigenvalue weighted by molar-refractivity contribution is 5.58. The van der Waals surface area contributed by atoms with Crippen molar-refractivity contribution in [3.05, 3.63) is 23.3 Å². The molecule has 22 heavy (non-hydrogen) atoms. The topological polar surface area (TPSA) is 52.9 Å². The minimum atomic E-state index is -0.727. The molecule has 0 unspecified atom stereocenters. The van der Waals surface area contributed by atoms with Crippen LogP contribution in [0.3, 0.4) is 0 Å². The molecule has 1 saturated carbocycles. The molecule has 1 saturated heterocycles. The van der Waals surface area contributed by atoms with Crippen LogP contribution in [-0.2, 0) is 11.8 Å². The normalized spacial score (nSPS) is 37.3. The molecule has 0 radical (unpaired) electrons. The number of nitrogens with zero attached hydrogens (tertiary/aromatic N) is 1. The van der Waals surface area contributed by atoms with Crippen molar-refractivity contribution in [2.45, 2.75) is 55.6 Å². The van der Waals surface area contributed by atoms with Gasteiger partial charge in [-0.1, -0.05) is 18.9 Å². The second-order valence-electron chi connectivity index (χ2n) is 7.31. The molecule has 120 valence electrons. The summed E-state index contributed by atoms with van der Waals surface area (Å²) >= 11 is 0. The van der Waals surface area contributed by atoms with Crippen LogP contribution in [0, 0.1) is 0 Å². The van der Waals surface area contributed by atoms with Crippen LogP contribution in [0.2, 0.25) is 0 Å². The van der Waals surface area contributed by atoms with Gasteiger partial charge in [-0.2, -0.15) is 0 Å². The van der Waals surface area contributed by atoms with Gasteiger partial charge in [0.05, 0.1) is 12.7 Å². The van der Waals surface area contributed by atoms with Gasteiger partial charge in [-0.25, -0.2) is 0 Å². The number of phenolic OH excluding ortho intramolecular Hbond substituents is 1. The van der Waals surface area contributed by atoms with Crippen molar-refractivity contribution in [1.29, 1.82) is 0 Å². The molecule has 4 heteroatoms. The molecular weight excluding hydrogens is 278 g/mol. The molecule has 3 atom stereocenters. The van der Waals surface area contributed by atoms with Gasteiger partial charge in [0.25, 0.3) is 0 Å². The van der Waals surface area contributed by atoms with Crippen molar-refractivity contribution in [2.75, 3.05) is 20.7 Å². The molecule has 2 fully saturated rings. The van der Waals surface area contributed by atoms with E-state index in [4.69, 9.17) is 4.74 Å². The number of ether oxygens (including phenoxy) is 1. The SMILES string of the molecule is COc1ccc2c(c1O)[C@@]13CCCC[C@@]1(O)[C@@H](C2)N(C)CC3. The standard InChI is InChI=1S/C18H25NO3/c1-19-10-9-17-7-3-4-8-18(17,21)14(19)11-12-5-6-13(22-2)16(20)15(12)17/h5-6,14,20-21H,3-4,7-11H2,1-2H3/t14-,17+,18-/m1/s1. The Morgan fingerprint density at radius 3 is 2.77 bits per heavy atom. The van der Waals surface area contributed by atoms with Crippen LogP contribution >= 0.6 is 0 Å². The van der Waals surface area contributed by atoms with Gasteiger partial charge in [0.15, 0.2) is 11.5 Å². The fourth-order valence-corrected chi connectivity index (χ4v) is 5.47. The first-order valence-electron chi connectivity index (χ1n) is 8.35.